The Morgan fingerprint density at radius 2 is 1.62 bits per heavy atom. The molecule has 0 saturated heterocycles. The quantitative estimate of drug-likeness (QED) is 0.484. The summed E-state index contributed by atoms with van der Waals surface area (Å²) in [7, 11) is 0. The Hall–Kier alpha value is -0.0800. The van der Waals surface area contributed by atoms with E-state index in [4.69, 9.17) is 4.74 Å². The van der Waals surface area contributed by atoms with Gasteiger partial charge in [-0.2, -0.15) is 0 Å². The van der Waals surface area contributed by atoms with E-state index in [1.165, 1.54) is 32.1 Å². The number of hydrogen-bond acceptors (Lipinski definition) is 1. The van der Waals surface area contributed by atoms with E-state index < -0.39 is 6.10 Å². The molecule has 16 heavy (non-hydrogen) atoms. The smallest absolute Gasteiger partial charge is 0.0954 e. The summed E-state index contributed by atoms with van der Waals surface area (Å²) in [5, 5.41) is 11.6. The van der Waals surface area contributed by atoms with E-state index in [1.54, 1.807) is 0 Å². The second-order valence-corrected chi connectivity index (χ2v) is 4.68. The Morgan fingerprint density at radius 3 is 2.25 bits per heavy atom. The van der Waals surface area contributed by atoms with Gasteiger partial charge in [0.2, 0.25) is 0 Å². The molecule has 0 fully saturated rings. The Bertz CT molecular complexity index is 137. The molecule has 0 saturated carbocycles. The Kier molecular flexibility index (Phi) is 11.3. The van der Waals surface area contributed by atoms with Crippen LogP contribution in [0.5, 0.6) is 0 Å². The summed E-state index contributed by atoms with van der Waals surface area (Å²) in [5.74, 6) is 0. The zero-order chi connectivity index (χ0) is 12.2. The van der Waals surface area contributed by atoms with Crippen LogP contribution < -0.4 is 0 Å². The van der Waals surface area contributed by atoms with Crippen molar-refractivity contribution in [2.24, 2.45) is 0 Å². The summed E-state index contributed by atoms with van der Waals surface area (Å²) in [6.07, 6.45) is 8.76. The minimum atomic E-state index is -0.423. The number of unbranched alkanes of at least 4 members (excludes halogenated alkanes) is 5. The van der Waals surface area contributed by atoms with E-state index in [-0.39, 0.29) is 6.10 Å². The minimum absolute atomic E-state index is 0.132. The molecule has 0 spiro atoms. The van der Waals surface area contributed by atoms with Crippen molar-refractivity contribution in [2.75, 3.05) is 6.61 Å². The van der Waals surface area contributed by atoms with Gasteiger partial charge in [-0.3, -0.25) is 0 Å². The van der Waals surface area contributed by atoms with Crippen molar-refractivity contribution in [3.05, 3.63) is 0 Å². The molecule has 0 N–H and O–H groups in total. The van der Waals surface area contributed by atoms with E-state index in [1.807, 2.05) is 13.8 Å². The van der Waals surface area contributed by atoms with E-state index in [9.17, 15) is 5.11 Å². The third-order valence-electron chi connectivity index (χ3n) is 2.93. The monoisotopic (exact) mass is 229 g/mol. The van der Waals surface area contributed by atoms with Gasteiger partial charge in [-0.05, 0) is 20.3 Å². The van der Waals surface area contributed by atoms with Gasteiger partial charge in [-0.15, -0.1) is 0 Å². The number of ether oxygens (including phenoxy) is 1. The zero-order valence-electron chi connectivity index (χ0n) is 11.3. The first-order valence-corrected chi connectivity index (χ1v) is 6.98. The van der Waals surface area contributed by atoms with Crippen LogP contribution >= 0.6 is 0 Å². The van der Waals surface area contributed by atoms with Crippen LogP contribution in [0.2, 0.25) is 0 Å². The summed E-state index contributed by atoms with van der Waals surface area (Å²) >= 11 is 0. The van der Waals surface area contributed by atoms with Gasteiger partial charge in [0, 0.05) is 13.0 Å². The molecular weight excluding hydrogens is 200 g/mol. The lowest BCUT2D eigenvalue weighted by Gasteiger charge is -2.14. The highest BCUT2D eigenvalue weighted by Gasteiger charge is 2.11. The van der Waals surface area contributed by atoms with E-state index in [0.717, 1.165) is 12.8 Å². The second-order valence-electron chi connectivity index (χ2n) is 4.68. The van der Waals surface area contributed by atoms with Gasteiger partial charge < -0.3 is 4.74 Å². The van der Waals surface area contributed by atoms with Crippen molar-refractivity contribution in [1.82, 2.24) is 0 Å². The summed E-state index contributed by atoms with van der Waals surface area (Å²) in [5.41, 5.74) is 0. The van der Waals surface area contributed by atoms with Gasteiger partial charge in [-0.25, -0.2) is 5.11 Å². The molecule has 0 amide bonds. The molecule has 0 aliphatic rings. The summed E-state index contributed by atoms with van der Waals surface area (Å²) in [6, 6.07) is 0. The van der Waals surface area contributed by atoms with Gasteiger partial charge in [-0.1, -0.05) is 45.4 Å². The van der Waals surface area contributed by atoms with Gasteiger partial charge in [0.15, 0.2) is 0 Å². The fraction of sp³-hybridized carbons (Fsp3) is 1.00. The summed E-state index contributed by atoms with van der Waals surface area (Å²) in [4.78, 5) is 0. The molecule has 0 aromatic rings. The fourth-order valence-electron chi connectivity index (χ4n) is 1.99. The Labute approximate surface area is 101 Å². The first-order chi connectivity index (χ1) is 7.70. The molecule has 1 radical (unpaired) electrons. The lowest BCUT2D eigenvalue weighted by molar-refractivity contribution is 0.000334. The van der Waals surface area contributed by atoms with Gasteiger partial charge in [0.1, 0.15) is 0 Å². The molecule has 0 aliphatic carbocycles. The molecule has 2 heteroatoms. The zero-order valence-corrected chi connectivity index (χ0v) is 11.3. The largest absolute Gasteiger partial charge is 0.379 e. The van der Waals surface area contributed by atoms with Crippen molar-refractivity contribution in [3.63, 3.8) is 0 Å². The van der Waals surface area contributed by atoms with Crippen molar-refractivity contribution in [2.45, 2.75) is 84.3 Å². The summed E-state index contributed by atoms with van der Waals surface area (Å²) < 4.78 is 5.37. The predicted molar refractivity (Wildman–Crippen MR) is 68.2 cm³/mol. The molecule has 2 nitrogen and oxygen atoms in total. The highest BCUT2D eigenvalue weighted by molar-refractivity contribution is 4.61. The SMILES string of the molecule is CCCCCCCCC([O])CC(C)OCC. The normalized spacial score (nSPS) is 15.0. The van der Waals surface area contributed by atoms with Crippen molar-refractivity contribution in [3.8, 4) is 0 Å². The standard InChI is InChI=1S/C14H29O2/c1-4-6-7-8-9-10-11-14(15)12-13(3)16-5-2/h13-14H,4-12H2,1-3H3. The third kappa shape index (κ3) is 10.4. The first kappa shape index (κ1) is 15.9. The van der Waals surface area contributed by atoms with Crippen LogP contribution in [-0.4, -0.2) is 18.8 Å². The maximum Gasteiger partial charge on any atom is 0.0954 e. The molecule has 0 bridgehead atoms. The lowest BCUT2D eigenvalue weighted by atomic mass is 10.0. The van der Waals surface area contributed by atoms with Gasteiger partial charge >= 0.3 is 0 Å². The van der Waals surface area contributed by atoms with Crippen molar-refractivity contribution < 1.29 is 9.84 Å². The second kappa shape index (κ2) is 11.4. The Balaban J connectivity index is 3.26. The molecule has 0 aromatic carbocycles. The van der Waals surface area contributed by atoms with Gasteiger partial charge in [0.05, 0.1) is 12.2 Å². The molecule has 97 valence electrons. The summed E-state index contributed by atoms with van der Waals surface area (Å²) in [6.45, 7) is 6.91. The molecule has 2 atom stereocenters. The van der Waals surface area contributed by atoms with Crippen molar-refractivity contribution in [1.29, 1.82) is 0 Å². The molecular formula is C14H29O2. The van der Waals surface area contributed by atoms with E-state index >= 15 is 0 Å². The molecule has 0 rings (SSSR count). The van der Waals surface area contributed by atoms with Crippen molar-refractivity contribution >= 4 is 0 Å². The first-order valence-electron chi connectivity index (χ1n) is 6.98. The molecule has 0 aliphatic heterocycles. The maximum absolute atomic E-state index is 11.6. The predicted octanol–water partition coefficient (Wildman–Crippen LogP) is 4.35. The Morgan fingerprint density at radius 1 is 1.00 bits per heavy atom. The number of rotatable bonds is 11. The molecule has 0 heterocycles. The molecule has 0 aromatic heterocycles. The lowest BCUT2D eigenvalue weighted by Crippen LogP contribution is -2.17. The fourth-order valence-corrected chi connectivity index (χ4v) is 1.99. The maximum atomic E-state index is 11.6. The highest BCUT2D eigenvalue weighted by Crippen LogP contribution is 2.12. The van der Waals surface area contributed by atoms with Crippen LogP contribution in [0.15, 0.2) is 0 Å². The minimum Gasteiger partial charge on any atom is -0.379 e. The molecule has 2 unspecified atom stereocenters. The van der Waals surface area contributed by atoms with E-state index in [0.29, 0.717) is 13.0 Å². The van der Waals surface area contributed by atoms with Crippen LogP contribution in [0.3, 0.4) is 0 Å². The number of hydrogen-bond donors (Lipinski definition) is 0. The van der Waals surface area contributed by atoms with E-state index in [2.05, 4.69) is 6.92 Å². The third-order valence-corrected chi connectivity index (χ3v) is 2.93. The van der Waals surface area contributed by atoms with Crippen LogP contribution in [0.1, 0.15) is 72.1 Å². The van der Waals surface area contributed by atoms with Crippen LogP contribution in [0, 0.1) is 0 Å². The average molecular weight is 229 g/mol. The average Bonchev–Trinajstić information content (AvgIpc) is 2.23. The highest BCUT2D eigenvalue weighted by atomic mass is 16.5. The van der Waals surface area contributed by atoms with Crippen LogP contribution in [0.4, 0.5) is 0 Å². The van der Waals surface area contributed by atoms with Gasteiger partial charge in [0.25, 0.3) is 0 Å². The van der Waals surface area contributed by atoms with Crippen LogP contribution in [0.25, 0.3) is 0 Å². The van der Waals surface area contributed by atoms with Crippen LogP contribution in [-0.2, 0) is 9.84 Å². The topological polar surface area (TPSA) is 29.1 Å².